The van der Waals surface area contributed by atoms with Gasteiger partial charge in [0.1, 0.15) is 16.4 Å². The number of ether oxygens (including phenoxy) is 2. The minimum Gasteiger partial charge on any atom is -0.496 e. The van der Waals surface area contributed by atoms with Crippen LogP contribution in [0.2, 0.25) is 0 Å². The van der Waals surface area contributed by atoms with Gasteiger partial charge in [-0.25, -0.2) is 16.8 Å². The summed E-state index contributed by atoms with van der Waals surface area (Å²) in [7, 11) is -4.86. The number of nitrogens with one attached hydrogen (secondary N) is 1. The lowest BCUT2D eigenvalue weighted by Crippen LogP contribution is -2.35. The highest BCUT2D eigenvalue weighted by Gasteiger charge is 2.30. The number of anilines is 1. The molecule has 0 aromatic heterocycles. The van der Waals surface area contributed by atoms with Crippen LogP contribution in [0, 0.1) is 13.8 Å². The zero-order valence-electron chi connectivity index (χ0n) is 18.1. The number of rotatable bonds is 7. The molecule has 170 valence electrons. The Labute approximate surface area is 184 Å². The summed E-state index contributed by atoms with van der Waals surface area (Å²) in [4.78, 5) is 0.0433. The van der Waals surface area contributed by atoms with Crippen LogP contribution in [0.3, 0.4) is 0 Å². The van der Waals surface area contributed by atoms with Gasteiger partial charge in [-0.15, -0.1) is 0 Å². The molecule has 1 aliphatic heterocycles. The van der Waals surface area contributed by atoms with Crippen molar-refractivity contribution in [2.45, 2.75) is 42.9 Å². The maximum atomic E-state index is 13.2. The quantitative estimate of drug-likeness (QED) is 0.669. The van der Waals surface area contributed by atoms with Crippen LogP contribution in [-0.4, -0.2) is 48.4 Å². The smallest absolute Gasteiger partial charge is 0.262 e. The van der Waals surface area contributed by atoms with Crippen molar-refractivity contribution < 1.29 is 26.3 Å². The molecule has 8 nitrogen and oxygen atoms in total. The maximum Gasteiger partial charge on any atom is 0.262 e. The fourth-order valence-electron chi connectivity index (χ4n) is 3.68. The second-order valence-corrected chi connectivity index (χ2v) is 11.0. The SMILES string of the molecule is COc1ccc(NS(=O)(=O)c2ccc(OC)c(C)c2C)cc1S(=O)(=O)N1CCCCC1. The van der Waals surface area contributed by atoms with Gasteiger partial charge in [0.15, 0.2) is 0 Å². The molecular formula is C21H28N2O6S2. The minimum atomic E-state index is -3.95. The topological polar surface area (TPSA) is 102 Å². The monoisotopic (exact) mass is 468 g/mol. The predicted molar refractivity (Wildman–Crippen MR) is 119 cm³/mol. The maximum absolute atomic E-state index is 13.2. The molecule has 2 aromatic rings. The molecule has 0 bridgehead atoms. The van der Waals surface area contributed by atoms with Gasteiger partial charge >= 0.3 is 0 Å². The van der Waals surface area contributed by atoms with E-state index in [9.17, 15) is 16.8 Å². The van der Waals surface area contributed by atoms with E-state index in [1.165, 1.54) is 42.8 Å². The fourth-order valence-corrected chi connectivity index (χ4v) is 6.73. The van der Waals surface area contributed by atoms with Crippen molar-refractivity contribution in [1.29, 1.82) is 0 Å². The van der Waals surface area contributed by atoms with Crippen molar-refractivity contribution in [1.82, 2.24) is 4.31 Å². The Morgan fingerprint density at radius 1 is 0.806 bits per heavy atom. The van der Waals surface area contributed by atoms with Crippen LogP contribution in [0.25, 0.3) is 0 Å². The molecule has 0 spiro atoms. The average Bonchev–Trinajstić information content (AvgIpc) is 2.75. The molecule has 10 heteroatoms. The van der Waals surface area contributed by atoms with Crippen LogP contribution in [0.15, 0.2) is 40.1 Å². The van der Waals surface area contributed by atoms with Crippen LogP contribution in [0.5, 0.6) is 11.5 Å². The normalized spacial score (nSPS) is 15.5. The van der Waals surface area contributed by atoms with E-state index >= 15 is 0 Å². The fraction of sp³-hybridized carbons (Fsp3) is 0.429. The number of methoxy groups -OCH3 is 2. The lowest BCUT2D eigenvalue weighted by Gasteiger charge is -2.26. The van der Waals surface area contributed by atoms with E-state index in [1.807, 2.05) is 0 Å². The first-order chi connectivity index (χ1) is 14.6. The molecule has 0 unspecified atom stereocenters. The van der Waals surface area contributed by atoms with Crippen LogP contribution in [-0.2, 0) is 20.0 Å². The average molecular weight is 469 g/mol. The third-order valence-electron chi connectivity index (χ3n) is 5.55. The van der Waals surface area contributed by atoms with Gasteiger partial charge in [-0.2, -0.15) is 4.31 Å². The number of hydrogen-bond acceptors (Lipinski definition) is 6. The molecule has 3 rings (SSSR count). The second-order valence-electron chi connectivity index (χ2n) is 7.45. The number of benzene rings is 2. The lowest BCUT2D eigenvalue weighted by molar-refractivity contribution is 0.343. The molecular weight excluding hydrogens is 440 g/mol. The Bertz CT molecular complexity index is 1170. The predicted octanol–water partition coefficient (Wildman–Crippen LogP) is 3.30. The number of sulfonamides is 2. The summed E-state index contributed by atoms with van der Waals surface area (Å²) in [5.41, 5.74) is 1.42. The molecule has 0 aliphatic carbocycles. The zero-order valence-corrected chi connectivity index (χ0v) is 19.8. The standard InChI is InChI=1S/C21H28N2O6S2/c1-15-16(2)20(11-10-18(15)28-3)30(24,25)22-17-8-9-19(29-4)21(14-17)31(26,27)23-12-6-5-7-13-23/h8-11,14,22H,5-7,12-13H2,1-4H3. The lowest BCUT2D eigenvalue weighted by atomic mass is 10.1. The van der Waals surface area contributed by atoms with Gasteiger partial charge in [0.2, 0.25) is 10.0 Å². The molecule has 2 aromatic carbocycles. The first-order valence-electron chi connectivity index (χ1n) is 9.97. The summed E-state index contributed by atoms with van der Waals surface area (Å²) in [5, 5.41) is 0. The zero-order chi connectivity index (χ0) is 22.8. The van der Waals surface area contributed by atoms with Crippen molar-refractivity contribution in [3.05, 3.63) is 41.5 Å². The summed E-state index contributed by atoms with van der Waals surface area (Å²) in [6.45, 7) is 4.36. The molecule has 0 radical (unpaired) electrons. The van der Waals surface area contributed by atoms with Crippen LogP contribution >= 0.6 is 0 Å². The summed E-state index contributed by atoms with van der Waals surface area (Å²) in [6, 6.07) is 7.32. The van der Waals surface area contributed by atoms with Gasteiger partial charge in [-0.3, -0.25) is 4.72 Å². The first kappa shape index (κ1) is 23.4. The van der Waals surface area contributed by atoms with Gasteiger partial charge in [-0.1, -0.05) is 6.42 Å². The van der Waals surface area contributed by atoms with Gasteiger partial charge in [0, 0.05) is 13.1 Å². The summed E-state index contributed by atoms with van der Waals surface area (Å²) in [5.74, 6) is 0.765. The Hall–Kier alpha value is -2.30. The summed E-state index contributed by atoms with van der Waals surface area (Å²) in [6.07, 6.45) is 2.58. The highest BCUT2D eigenvalue weighted by Crippen LogP contribution is 2.33. The molecule has 31 heavy (non-hydrogen) atoms. The number of piperidine rings is 1. The van der Waals surface area contributed by atoms with Crippen LogP contribution < -0.4 is 14.2 Å². The van der Waals surface area contributed by atoms with Crippen molar-refractivity contribution in [2.24, 2.45) is 0 Å². The van der Waals surface area contributed by atoms with Crippen LogP contribution in [0.1, 0.15) is 30.4 Å². The molecule has 1 aliphatic rings. The van der Waals surface area contributed by atoms with E-state index in [0.717, 1.165) is 19.3 Å². The van der Waals surface area contributed by atoms with E-state index in [0.29, 0.717) is 30.0 Å². The van der Waals surface area contributed by atoms with Crippen LogP contribution in [0.4, 0.5) is 5.69 Å². The largest absolute Gasteiger partial charge is 0.496 e. The number of nitrogens with zero attached hydrogens (tertiary/aromatic N) is 1. The molecule has 1 fully saturated rings. The highest BCUT2D eigenvalue weighted by molar-refractivity contribution is 7.92. The van der Waals surface area contributed by atoms with E-state index < -0.39 is 20.0 Å². The molecule has 1 saturated heterocycles. The van der Waals surface area contributed by atoms with Crippen molar-refractivity contribution >= 4 is 25.7 Å². The van der Waals surface area contributed by atoms with E-state index in [1.54, 1.807) is 19.9 Å². The first-order valence-corrected chi connectivity index (χ1v) is 12.9. The van der Waals surface area contributed by atoms with E-state index in [2.05, 4.69) is 4.72 Å². The highest BCUT2D eigenvalue weighted by atomic mass is 32.2. The van der Waals surface area contributed by atoms with Crippen molar-refractivity contribution in [3.63, 3.8) is 0 Å². The van der Waals surface area contributed by atoms with Gasteiger partial charge in [-0.05, 0) is 68.1 Å². The Morgan fingerprint density at radius 2 is 1.42 bits per heavy atom. The van der Waals surface area contributed by atoms with Gasteiger partial charge < -0.3 is 9.47 Å². The number of hydrogen-bond donors (Lipinski definition) is 1. The third-order valence-corrected chi connectivity index (χ3v) is 8.99. The Morgan fingerprint density at radius 3 is 2.03 bits per heavy atom. The Balaban J connectivity index is 1.99. The van der Waals surface area contributed by atoms with Crippen molar-refractivity contribution in [3.8, 4) is 11.5 Å². The Kier molecular flexibility index (Phi) is 6.82. The summed E-state index contributed by atoms with van der Waals surface area (Å²) >= 11 is 0. The molecule has 1 N–H and O–H groups in total. The van der Waals surface area contributed by atoms with E-state index in [4.69, 9.17) is 9.47 Å². The van der Waals surface area contributed by atoms with Crippen molar-refractivity contribution in [2.75, 3.05) is 32.0 Å². The minimum absolute atomic E-state index is 0.0558. The molecule has 0 atom stereocenters. The summed E-state index contributed by atoms with van der Waals surface area (Å²) < 4.78 is 66.9. The van der Waals surface area contributed by atoms with Gasteiger partial charge in [0.05, 0.1) is 24.8 Å². The molecule has 1 heterocycles. The third kappa shape index (κ3) is 4.65. The van der Waals surface area contributed by atoms with E-state index in [-0.39, 0.29) is 21.2 Å². The molecule has 0 amide bonds. The second kappa shape index (κ2) is 9.05. The molecule has 0 saturated carbocycles. The van der Waals surface area contributed by atoms with Gasteiger partial charge in [0.25, 0.3) is 10.0 Å².